The lowest BCUT2D eigenvalue weighted by Gasteiger charge is -2.48. The largest absolute Gasteiger partial charge is 0.375 e. The van der Waals surface area contributed by atoms with Crippen LogP contribution in [-0.4, -0.2) is 18.0 Å². The molecule has 2 fully saturated rings. The second-order valence-corrected chi connectivity index (χ2v) is 12.1. The third-order valence-electron chi connectivity index (χ3n) is 10.5. The molecule has 0 aromatic heterocycles. The van der Waals surface area contributed by atoms with Gasteiger partial charge in [-0.2, -0.15) is 0 Å². The van der Waals surface area contributed by atoms with E-state index in [0.717, 1.165) is 35.6 Å². The number of rotatable bonds is 2. The highest BCUT2D eigenvalue weighted by atomic mass is 15.2. The van der Waals surface area contributed by atoms with E-state index in [4.69, 9.17) is 0 Å². The van der Waals surface area contributed by atoms with Gasteiger partial charge in [-0.25, -0.2) is 0 Å². The van der Waals surface area contributed by atoms with Crippen molar-refractivity contribution in [1.82, 2.24) is 4.90 Å². The van der Waals surface area contributed by atoms with Crippen molar-refractivity contribution in [1.29, 1.82) is 0 Å². The lowest BCUT2D eigenvalue weighted by Crippen LogP contribution is -2.44. The van der Waals surface area contributed by atoms with Crippen LogP contribution in [-0.2, 0) is 0 Å². The molecule has 3 aliphatic carbocycles. The predicted octanol–water partition coefficient (Wildman–Crippen LogP) is 7.73. The Morgan fingerprint density at radius 3 is 2.06 bits per heavy atom. The molecule has 0 radical (unpaired) electrons. The molecule has 0 amide bonds. The number of hydrogen-bond donors (Lipinski definition) is 0. The maximum Gasteiger partial charge on any atom is 0.0352 e. The maximum atomic E-state index is 2.63. The van der Waals surface area contributed by atoms with Crippen LogP contribution in [0.15, 0.2) is 59.8 Å². The Kier molecular flexibility index (Phi) is 4.49. The molecule has 32 heavy (non-hydrogen) atoms. The summed E-state index contributed by atoms with van der Waals surface area (Å²) in [5.41, 5.74) is 9.52. The van der Waals surface area contributed by atoms with Gasteiger partial charge < -0.3 is 4.90 Å². The standard InChI is InChI=1S/C31H39N/c1-18-15-21-16-26-19(2)20(3)32(6)28(26)17-27(21)29(18)31(4,5)30-24-13-9-7-11-22(24)23-12-8-10-14-25(23)30/h7-14,18,21,26-30H,15-17H2,1-6H3. The Balaban J connectivity index is 1.40. The molecule has 1 heteroatoms. The molecular weight excluding hydrogens is 386 g/mol. The minimum Gasteiger partial charge on any atom is -0.375 e. The van der Waals surface area contributed by atoms with Gasteiger partial charge in [0.2, 0.25) is 0 Å². The van der Waals surface area contributed by atoms with Crippen molar-refractivity contribution in [2.45, 2.75) is 65.8 Å². The number of hydrogen-bond acceptors (Lipinski definition) is 1. The van der Waals surface area contributed by atoms with Gasteiger partial charge in [0.1, 0.15) is 0 Å². The fourth-order valence-electron chi connectivity index (χ4n) is 9.17. The van der Waals surface area contributed by atoms with Crippen LogP contribution in [0.1, 0.15) is 70.9 Å². The topological polar surface area (TPSA) is 3.24 Å². The van der Waals surface area contributed by atoms with Gasteiger partial charge >= 0.3 is 0 Å². The highest BCUT2D eigenvalue weighted by molar-refractivity contribution is 5.79. The summed E-state index contributed by atoms with van der Waals surface area (Å²) in [5.74, 6) is 4.62. The molecule has 0 bridgehead atoms. The summed E-state index contributed by atoms with van der Waals surface area (Å²) in [6.45, 7) is 12.5. The average Bonchev–Trinajstić information content (AvgIpc) is 3.37. The van der Waals surface area contributed by atoms with Crippen molar-refractivity contribution in [2.75, 3.05) is 7.05 Å². The lowest BCUT2D eigenvalue weighted by molar-refractivity contribution is 0.0488. The van der Waals surface area contributed by atoms with Crippen molar-refractivity contribution >= 4 is 0 Å². The molecule has 2 aromatic rings. The smallest absolute Gasteiger partial charge is 0.0352 e. The lowest BCUT2D eigenvalue weighted by atomic mass is 9.58. The van der Waals surface area contributed by atoms with E-state index in [1.165, 1.54) is 30.4 Å². The van der Waals surface area contributed by atoms with Crippen molar-refractivity contribution in [3.8, 4) is 11.1 Å². The van der Waals surface area contributed by atoms with Gasteiger partial charge in [0.15, 0.2) is 0 Å². The van der Waals surface area contributed by atoms with E-state index in [1.54, 1.807) is 22.4 Å². The van der Waals surface area contributed by atoms with E-state index in [2.05, 4.69) is 95.1 Å². The molecule has 168 valence electrons. The second kappa shape index (κ2) is 6.99. The third kappa shape index (κ3) is 2.63. The quantitative estimate of drug-likeness (QED) is 0.476. The van der Waals surface area contributed by atoms with Gasteiger partial charge in [-0.15, -0.1) is 0 Å². The minimum absolute atomic E-state index is 0.239. The van der Waals surface area contributed by atoms with Crippen LogP contribution in [0.5, 0.6) is 0 Å². The van der Waals surface area contributed by atoms with Crippen LogP contribution in [0, 0.1) is 35.0 Å². The number of nitrogens with zero attached hydrogens (tertiary/aromatic N) is 1. The molecule has 6 unspecified atom stereocenters. The molecule has 0 spiro atoms. The van der Waals surface area contributed by atoms with Crippen LogP contribution in [0.2, 0.25) is 0 Å². The highest BCUT2D eigenvalue weighted by Gasteiger charge is 2.56. The van der Waals surface area contributed by atoms with E-state index in [1.807, 2.05) is 0 Å². The minimum atomic E-state index is 0.239. The van der Waals surface area contributed by atoms with E-state index < -0.39 is 0 Å². The summed E-state index contributed by atoms with van der Waals surface area (Å²) >= 11 is 0. The summed E-state index contributed by atoms with van der Waals surface area (Å²) in [6.07, 6.45) is 4.22. The Morgan fingerprint density at radius 2 is 1.44 bits per heavy atom. The van der Waals surface area contributed by atoms with E-state index in [0.29, 0.717) is 5.92 Å². The monoisotopic (exact) mass is 425 g/mol. The van der Waals surface area contributed by atoms with Crippen LogP contribution in [0.4, 0.5) is 0 Å². The maximum absolute atomic E-state index is 2.63. The van der Waals surface area contributed by atoms with Gasteiger partial charge in [-0.1, -0.05) is 69.3 Å². The van der Waals surface area contributed by atoms with Crippen molar-refractivity contribution in [3.05, 3.63) is 70.9 Å². The fourth-order valence-corrected chi connectivity index (χ4v) is 9.17. The van der Waals surface area contributed by atoms with Gasteiger partial charge in [0.25, 0.3) is 0 Å². The Morgan fingerprint density at radius 1 is 0.844 bits per heavy atom. The first-order valence-electron chi connectivity index (χ1n) is 12.9. The molecule has 1 nitrogen and oxygen atoms in total. The van der Waals surface area contributed by atoms with Crippen LogP contribution >= 0.6 is 0 Å². The molecule has 0 N–H and O–H groups in total. The third-order valence-corrected chi connectivity index (χ3v) is 10.5. The van der Waals surface area contributed by atoms with E-state index in [9.17, 15) is 0 Å². The fraction of sp³-hybridized carbons (Fsp3) is 0.548. The molecule has 2 aromatic carbocycles. The zero-order valence-corrected chi connectivity index (χ0v) is 20.7. The number of allylic oxidation sites excluding steroid dienone is 1. The molecule has 4 aliphatic rings. The Hall–Kier alpha value is -2.02. The zero-order chi connectivity index (χ0) is 22.4. The van der Waals surface area contributed by atoms with Crippen LogP contribution < -0.4 is 0 Å². The summed E-state index contributed by atoms with van der Waals surface area (Å²) in [4.78, 5) is 2.63. The number of fused-ring (bicyclic) bond motifs is 5. The summed E-state index contributed by atoms with van der Waals surface area (Å²) in [6, 6.07) is 19.2. The second-order valence-electron chi connectivity index (χ2n) is 12.1. The molecular formula is C31H39N. The molecule has 0 saturated heterocycles. The van der Waals surface area contributed by atoms with Crippen molar-refractivity contribution in [2.24, 2.45) is 35.0 Å². The van der Waals surface area contributed by atoms with E-state index in [-0.39, 0.29) is 5.41 Å². The summed E-state index contributed by atoms with van der Waals surface area (Å²) < 4.78 is 0. The summed E-state index contributed by atoms with van der Waals surface area (Å²) in [5, 5.41) is 0. The van der Waals surface area contributed by atoms with Gasteiger partial charge in [-0.05, 0) is 90.0 Å². The first kappa shape index (κ1) is 20.6. The SMILES string of the molecule is CC1=C(C)N(C)C2CC3C(CC(C)C3C(C)(C)C3c4ccccc4-c4ccccc43)CC12. The molecule has 1 aliphatic heterocycles. The van der Waals surface area contributed by atoms with Gasteiger partial charge in [0.05, 0.1) is 0 Å². The normalized spacial score (nSPS) is 33.9. The first-order valence-corrected chi connectivity index (χ1v) is 12.9. The van der Waals surface area contributed by atoms with Crippen molar-refractivity contribution in [3.63, 3.8) is 0 Å². The highest BCUT2D eigenvalue weighted by Crippen LogP contribution is 2.64. The molecule has 1 heterocycles. The Bertz CT molecular complexity index is 1050. The van der Waals surface area contributed by atoms with Crippen molar-refractivity contribution < 1.29 is 0 Å². The van der Waals surface area contributed by atoms with Gasteiger partial charge in [-0.3, -0.25) is 0 Å². The van der Waals surface area contributed by atoms with Gasteiger partial charge in [0, 0.05) is 30.6 Å². The van der Waals surface area contributed by atoms with E-state index >= 15 is 0 Å². The predicted molar refractivity (Wildman–Crippen MR) is 134 cm³/mol. The first-order chi connectivity index (χ1) is 15.3. The van der Waals surface area contributed by atoms with Crippen LogP contribution in [0.25, 0.3) is 11.1 Å². The number of benzene rings is 2. The zero-order valence-electron chi connectivity index (χ0n) is 20.7. The average molecular weight is 426 g/mol. The Labute approximate surface area is 194 Å². The molecule has 6 rings (SSSR count). The molecule has 2 saturated carbocycles. The summed E-state index contributed by atoms with van der Waals surface area (Å²) in [7, 11) is 2.35. The van der Waals surface area contributed by atoms with Crippen LogP contribution in [0.3, 0.4) is 0 Å². The molecule has 6 atom stereocenters.